The maximum atomic E-state index is 13.2. The van der Waals surface area contributed by atoms with Gasteiger partial charge in [0.1, 0.15) is 6.54 Å². The van der Waals surface area contributed by atoms with Crippen LogP contribution in [0.25, 0.3) is 10.9 Å². The quantitative estimate of drug-likeness (QED) is 0.607. The minimum absolute atomic E-state index is 0.0583. The van der Waals surface area contributed by atoms with Crippen molar-refractivity contribution in [1.82, 2.24) is 20.0 Å². The lowest BCUT2D eigenvalue weighted by molar-refractivity contribution is -0.236. The van der Waals surface area contributed by atoms with Crippen LogP contribution in [0.2, 0.25) is 0 Å². The molecule has 1 atom stereocenters. The van der Waals surface area contributed by atoms with Crippen LogP contribution in [0, 0.1) is 6.92 Å². The predicted octanol–water partition coefficient (Wildman–Crippen LogP) is 3.36. The molecule has 0 bridgehead atoms. The van der Waals surface area contributed by atoms with Crippen LogP contribution >= 0.6 is 0 Å². The number of aromatic nitrogens is 2. The van der Waals surface area contributed by atoms with Crippen LogP contribution in [0.5, 0.6) is 0 Å². The molecule has 2 aromatic carbocycles. The SMILES string of the molecule is Cc1n[nH]c2cc(Nc3cccc4c3C(=O)N(CC(=O)N3CCO[C@H](C(F)(F)F)C3)C4)ccc12. The first-order valence-electron chi connectivity index (χ1n) is 10.8. The van der Waals surface area contributed by atoms with E-state index < -0.39 is 24.7 Å². The van der Waals surface area contributed by atoms with Crippen LogP contribution in [0.4, 0.5) is 24.5 Å². The van der Waals surface area contributed by atoms with E-state index in [1.807, 2.05) is 31.2 Å². The summed E-state index contributed by atoms with van der Waals surface area (Å²) in [5.41, 5.74) is 4.30. The van der Waals surface area contributed by atoms with Crippen molar-refractivity contribution in [3.05, 3.63) is 53.2 Å². The molecule has 11 heteroatoms. The van der Waals surface area contributed by atoms with E-state index in [-0.39, 0.29) is 32.1 Å². The number of H-pyrrole nitrogens is 1. The summed E-state index contributed by atoms with van der Waals surface area (Å²) in [4.78, 5) is 28.3. The summed E-state index contributed by atoms with van der Waals surface area (Å²) >= 11 is 0. The smallest absolute Gasteiger partial charge is 0.365 e. The minimum Gasteiger partial charge on any atom is -0.365 e. The number of rotatable bonds is 4. The van der Waals surface area contributed by atoms with E-state index in [0.717, 1.165) is 32.7 Å². The number of aromatic amines is 1. The van der Waals surface area contributed by atoms with Gasteiger partial charge in [0.05, 0.1) is 35.6 Å². The number of halogens is 3. The Kier molecular flexibility index (Phi) is 5.43. The van der Waals surface area contributed by atoms with Gasteiger partial charge in [-0.15, -0.1) is 0 Å². The number of hydrogen-bond donors (Lipinski definition) is 2. The molecule has 1 saturated heterocycles. The van der Waals surface area contributed by atoms with Crippen molar-refractivity contribution in [2.45, 2.75) is 25.7 Å². The number of hydrogen-bond acceptors (Lipinski definition) is 5. The lowest BCUT2D eigenvalue weighted by atomic mass is 10.1. The van der Waals surface area contributed by atoms with Gasteiger partial charge in [-0.25, -0.2) is 0 Å². The largest absolute Gasteiger partial charge is 0.416 e. The van der Waals surface area contributed by atoms with Crippen molar-refractivity contribution in [3.8, 4) is 0 Å². The molecule has 2 N–H and O–H groups in total. The Balaban J connectivity index is 1.31. The van der Waals surface area contributed by atoms with E-state index in [1.165, 1.54) is 4.90 Å². The molecule has 0 unspecified atom stereocenters. The summed E-state index contributed by atoms with van der Waals surface area (Å²) in [6.45, 7) is 1.11. The lowest BCUT2D eigenvalue weighted by Crippen LogP contribution is -2.53. The van der Waals surface area contributed by atoms with Gasteiger partial charge < -0.3 is 19.9 Å². The predicted molar refractivity (Wildman–Crippen MR) is 118 cm³/mol. The van der Waals surface area contributed by atoms with Crippen molar-refractivity contribution in [1.29, 1.82) is 0 Å². The van der Waals surface area contributed by atoms with Gasteiger partial charge in [0.2, 0.25) is 5.91 Å². The normalized spacial score (nSPS) is 18.5. The minimum atomic E-state index is -4.54. The Morgan fingerprint density at radius 1 is 1.29 bits per heavy atom. The van der Waals surface area contributed by atoms with Gasteiger partial charge >= 0.3 is 6.18 Å². The summed E-state index contributed by atoms with van der Waals surface area (Å²) < 4.78 is 43.7. The molecule has 1 fully saturated rings. The van der Waals surface area contributed by atoms with E-state index in [0.29, 0.717) is 11.3 Å². The lowest BCUT2D eigenvalue weighted by Gasteiger charge is -2.34. The first-order valence-corrected chi connectivity index (χ1v) is 10.8. The van der Waals surface area contributed by atoms with Crippen molar-refractivity contribution in [2.24, 2.45) is 0 Å². The number of morpholine rings is 1. The highest BCUT2D eigenvalue weighted by Gasteiger charge is 2.44. The van der Waals surface area contributed by atoms with Gasteiger partial charge in [0.25, 0.3) is 5.91 Å². The number of nitrogens with zero attached hydrogens (tertiary/aromatic N) is 3. The van der Waals surface area contributed by atoms with E-state index >= 15 is 0 Å². The third-order valence-corrected chi connectivity index (χ3v) is 6.16. The first kappa shape index (κ1) is 22.2. The third kappa shape index (κ3) is 4.07. The summed E-state index contributed by atoms with van der Waals surface area (Å²) in [6.07, 6.45) is -6.56. The fourth-order valence-electron chi connectivity index (χ4n) is 4.38. The van der Waals surface area contributed by atoms with Gasteiger partial charge in [0, 0.05) is 24.2 Å². The summed E-state index contributed by atoms with van der Waals surface area (Å²) in [6, 6.07) is 11.1. The van der Waals surface area contributed by atoms with Gasteiger partial charge in [-0.05, 0) is 36.8 Å². The molecule has 3 aromatic rings. The molecule has 34 heavy (non-hydrogen) atoms. The van der Waals surface area contributed by atoms with Crippen LogP contribution in [0.1, 0.15) is 21.6 Å². The number of nitrogens with one attached hydrogen (secondary N) is 2. The topological polar surface area (TPSA) is 90.6 Å². The first-order chi connectivity index (χ1) is 16.2. The molecule has 0 spiro atoms. The van der Waals surface area contributed by atoms with Crippen molar-refractivity contribution in [2.75, 3.05) is 31.6 Å². The van der Waals surface area contributed by atoms with Crippen molar-refractivity contribution in [3.63, 3.8) is 0 Å². The van der Waals surface area contributed by atoms with Crippen LogP contribution < -0.4 is 5.32 Å². The average Bonchev–Trinajstić information content (AvgIpc) is 3.33. The van der Waals surface area contributed by atoms with Gasteiger partial charge in [-0.3, -0.25) is 14.7 Å². The number of carbonyl (C=O) groups is 2. The maximum absolute atomic E-state index is 13.2. The number of amides is 2. The van der Waals surface area contributed by atoms with E-state index in [1.54, 1.807) is 12.1 Å². The van der Waals surface area contributed by atoms with Crippen LogP contribution in [0.15, 0.2) is 36.4 Å². The van der Waals surface area contributed by atoms with Gasteiger partial charge in [0.15, 0.2) is 6.10 Å². The Morgan fingerprint density at radius 3 is 2.91 bits per heavy atom. The van der Waals surface area contributed by atoms with Gasteiger partial charge in [-0.2, -0.15) is 18.3 Å². The van der Waals surface area contributed by atoms with E-state index in [2.05, 4.69) is 15.5 Å². The number of fused-ring (bicyclic) bond motifs is 2. The molecule has 0 aliphatic carbocycles. The zero-order valence-electron chi connectivity index (χ0n) is 18.3. The second-order valence-corrected chi connectivity index (χ2v) is 8.44. The van der Waals surface area contributed by atoms with Gasteiger partial charge in [-0.1, -0.05) is 12.1 Å². The molecule has 0 saturated carbocycles. The fourth-order valence-corrected chi connectivity index (χ4v) is 4.38. The highest BCUT2D eigenvalue weighted by molar-refractivity contribution is 6.05. The molecular weight excluding hydrogens is 451 g/mol. The monoisotopic (exact) mass is 473 g/mol. The number of carbonyl (C=O) groups excluding carboxylic acids is 2. The number of aryl methyl sites for hydroxylation is 1. The maximum Gasteiger partial charge on any atom is 0.416 e. The molecular formula is C23H22F3N5O3. The molecule has 178 valence electrons. The molecule has 2 amide bonds. The van der Waals surface area contributed by atoms with E-state index in [9.17, 15) is 22.8 Å². The summed E-state index contributed by atoms with van der Waals surface area (Å²) in [5.74, 6) is -0.876. The molecule has 0 radical (unpaired) electrons. The zero-order chi connectivity index (χ0) is 24.0. The second kappa shape index (κ2) is 8.32. The molecule has 2 aliphatic heterocycles. The number of anilines is 2. The highest BCUT2D eigenvalue weighted by Crippen LogP contribution is 2.32. The Morgan fingerprint density at radius 2 is 2.12 bits per heavy atom. The number of alkyl halides is 3. The molecule has 5 rings (SSSR count). The van der Waals surface area contributed by atoms with Crippen molar-refractivity contribution < 1.29 is 27.5 Å². The average molecular weight is 473 g/mol. The number of ether oxygens (including phenoxy) is 1. The summed E-state index contributed by atoms with van der Waals surface area (Å²) in [7, 11) is 0. The highest BCUT2D eigenvalue weighted by atomic mass is 19.4. The third-order valence-electron chi connectivity index (χ3n) is 6.16. The van der Waals surface area contributed by atoms with Crippen LogP contribution in [0.3, 0.4) is 0 Å². The number of benzene rings is 2. The second-order valence-electron chi connectivity index (χ2n) is 8.44. The molecule has 1 aromatic heterocycles. The van der Waals surface area contributed by atoms with Crippen LogP contribution in [-0.4, -0.2) is 70.3 Å². The standard InChI is InChI=1S/C23H22F3N5O3/c1-13-16-6-5-15(9-18(16)29-28-13)27-17-4-2-3-14-10-31(22(33)21(14)17)12-20(32)30-7-8-34-19(11-30)23(24,25)26/h2-6,9,19,27H,7-8,10-12H2,1H3,(H,28,29)/t19-/m0/s1. The van der Waals surface area contributed by atoms with E-state index in [4.69, 9.17) is 4.74 Å². The zero-order valence-corrected chi connectivity index (χ0v) is 18.3. The Labute approximate surface area is 192 Å². The Hall–Kier alpha value is -3.60. The van der Waals surface area contributed by atoms with Crippen molar-refractivity contribution >= 4 is 34.1 Å². The molecule has 3 heterocycles. The Bertz CT molecular complexity index is 1270. The molecule has 2 aliphatic rings. The fraction of sp³-hybridized carbons (Fsp3) is 0.348. The summed E-state index contributed by atoms with van der Waals surface area (Å²) in [5, 5.41) is 11.4. The van der Waals surface area contributed by atoms with Crippen LogP contribution in [-0.2, 0) is 16.1 Å². The molecule has 8 nitrogen and oxygen atoms in total.